The first-order valence-corrected chi connectivity index (χ1v) is 17.6. The highest BCUT2D eigenvalue weighted by Crippen LogP contribution is 2.48. The summed E-state index contributed by atoms with van der Waals surface area (Å²) in [7, 11) is -2.10. The van der Waals surface area contributed by atoms with Crippen LogP contribution in [0.25, 0.3) is 22.3 Å². The Bertz CT molecular complexity index is 2090. The predicted molar refractivity (Wildman–Crippen MR) is 181 cm³/mol. The lowest BCUT2D eigenvalue weighted by Gasteiger charge is -2.32. The number of carbonyl (C=O) groups is 2. The number of esters is 1. The zero-order valence-electron chi connectivity index (χ0n) is 28.3. The van der Waals surface area contributed by atoms with E-state index in [1.54, 1.807) is 30.3 Å². The molecule has 1 aliphatic heterocycles. The molecule has 1 amide bonds. The summed E-state index contributed by atoms with van der Waals surface area (Å²) in [5, 5.41) is 2.98. The average molecular weight is 695 g/mol. The number of amides is 1. The van der Waals surface area contributed by atoms with E-state index in [-0.39, 0.29) is 40.5 Å². The van der Waals surface area contributed by atoms with Crippen molar-refractivity contribution in [1.29, 1.82) is 0 Å². The van der Waals surface area contributed by atoms with Crippen LogP contribution in [0.3, 0.4) is 0 Å². The summed E-state index contributed by atoms with van der Waals surface area (Å²) >= 11 is 0. The molecule has 6 rings (SSSR count). The zero-order chi connectivity index (χ0) is 35.6. The second-order valence-corrected chi connectivity index (χ2v) is 15.4. The Balaban J connectivity index is 1.47. The standard InChI is InChI=1S/C35H37BF2N2O8S/c1-34(2)35(3,4)48-36(47-34)25-12-8-19(14-23(25)33(42)45-6)18-40(49(7,43)44)28-17-29-24(16-22(28)20-9-10-20)30(32(41)39-5)31(46-29)21-11-13-26(37)27(38)15-21/h8,11-17,20H,9-10,18H2,1-7H3,(H,39,41). The van der Waals surface area contributed by atoms with Crippen LogP contribution in [-0.2, 0) is 30.6 Å². The fraction of sp³-hybridized carbons (Fsp3) is 0.371. The number of hydrogen-bond acceptors (Lipinski definition) is 8. The first-order chi connectivity index (χ1) is 23.0. The molecule has 1 aliphatic carbocycles. The number of nitrogens with zero attached hydrogens (tertiary/aromatic N) is 1. The Kier molecular flexibility index (Phi) is 8.65. The SMILES string of the molecule is CNC(=O)c1c(-c2ccc(F)c(F)c2)oc2cc(N(Cc3ccc(B4OC(C)(C)C(C)(C)O4)c(C(=O)OC)c3)S(C)(=O)=O)c(C3CC3)cc12. The van der Waals surface area contributed by atoms with Crippen LogP contribution in [0.4, 0.5) is 14.5 Å². The fourth-order valence-electron chi connectivity index (χ4n) is 5.99. The van der Waals surface area contributed by atoms with Gasteiger partial charge in [-0.05, 0) is 93.4 Å². The van der Waals surface area contributed by atoms with Gasteiger partial charge in [0, 0.05) is 24.1 Å². The highest BCUT2D eigenvalue weighted by Gasteiger charge is 2.52. The molecule has 0 spiro atoms. The van der Waals surface area contributed by atoms with Crippen molar-refractivity contribution < 1.29 is 45.3 Å². The van der Waals surface area contributed by atoms with E-state index in [2.05, 4.69) is 5.32 Å². The lowest BCUT2D eigenvalue weighted by atomic mass is 9.75. The first kappa shape index (κ1) is 34.6. The minimum absolute atomic E-state index is 0.0130. The van der Waals surface area contributed by atoms with Gasteiger partial charge in [0.2, 0.25) is 10.0 Å². The Morgan fingerprint density at radius 2 is 1.67 bits per heavy atom. The molecule has 1 saturated carbocycles. The second kappa shape index (κ2) is 12.3. The summed E-state index contributed by atoms with van der Waals surface area (Å²) in [6.45, 7) is 7.44. The number of benzene rings is 3. The van der Waals surface area contributed by atoms with Crippen LogP contribution >= 0.6 is 0 Å². The Morgan fingerprint density at radius 3 is 2.24 bits per heavy atom. The molecule has 14 heteroatoms. The maximum Gasteiger partial charge on any atom is 0.495 e. The first-order valence-electron chi connectivity index (χ1n) is 15.8. The Morgan fingerprint density at radius 1 is 1.00 bits per heavy atom. The van der Waals surface area contributed by atoms with Crippen molar-refractivity contribution in [3.63, 3.8) is 0 Å². The quantitative estimate of drug-likeness (QED) is 0.176. The van der Waals surface area contributed by atoms with Crippen molar-refractivity contribution in [2.75, 3.05) is 24.7 Å². The van der Waals surface area contributed by atoms with E-state index in [4.69, 9.17) is 18.5 Å². The normalized spacial score (nSPS) is 17.0. The van der Waals surface area contributed by atoms with Crippen LogP contribution in [0, 0.1) is 11.6 Å². The van der Waals surface area contributed by atoms with Crippen molar-refractivity contribution in [3.8, 4) is 11.3 Å². The minimum Gasteiger partial charge on any atom is -0.465 e. The maximum atomic E-state index is 14.3. The number of ether oxygens (including phenoxy) is 1. The summed E-state index contributed by atoms with van der Waals surface area (Å²) in [6, 6.07) is 11.4. The lowest BCUT2D eigenvalue weighted by molar-refractivity contribution is 0.00578. The van der Waals surface area contributed by atoms with E-state index in [1.807, 2.05) is 27.7 Å². The molecule has 3 aromatic carbocycles. The molecule has 2 aliphatic rings. The molecule has 0 radical (unpaired) electrons. The van der Waals surface area contributed by atoms with Crippen LogP contribution in [0.5, 0.6) is 0 Å². The van der Waals surface area contributed by atoms with Crippen molar-refractivity contribution in [1.82, 2.24) is 5.32 Å². The predicted octanol–water partition coefficient (Wildman–Crippen LogP) is 5.67. The number of nitrogens with one attached hydrogen (secondary N) is 1. The van der Waals surface area contributed by atoms with E-state index < -0.39 is 51.9 Å². The van der Waals surface area contributed by atoms with Crippen LogP contribution in [0.1, 0.15) is 78.3 Å². The topological polar surface area (TPSA) is 124 Å². The lowest BCUT2D eigenvalue weighted by Crippen LogP contribution is -2.41. The molecule has 0 atom stereocenters. The van der Waals surface area contributed by atoms with Gasteiger partial charge in [0.1, 0.15) is 11.3 Å². The third-order valence-electron chi connectivity index (χ3n) is 9.52. The van der Waals surface area contributed by atoms with Crippen LogP contribution in [0.15, 0.2) is 52.9 Å². The molecule has 0 bridgehead atoms. The molecule has 258 valence electrons. The number of rotatable bonds is 9. The number of sulfonamides is 1. The summed E-state index contributed by atoms with van der Waals surface area (Å²) in [5.74, 6) is -3.29. The van der Waals surface area contributed by atoms with Gasteiger partial charge in [-0.25, -0.2) is 22.0 Å². The van der Waals surface area contributed by atoms with Gasteiger partial charge in [-0.2, -0.15) is 0 Å². The third-order valence-corrected chi connectivity index (χ3v) is 10.6. The van der Waals surface area contributed by atoms with Crippen molar-refractivity contribution in [3.05, 3.63) is 82.4 Å². The average Bonchev–Trinajstić information content (AvgIpc) is 3.78. The van der Waals surface area contributed by atoms with E-state index in [9.17, 15) is 26.8 Å². The number of methoxy groups -OCH3 is 1. The van der Waals surface area contributed by atoms with E-state index in [0.29, 0.717) is 27.7 Å². The molecule has 2 fully saturated rings. The van der Waals surface area contributed by atoms with Crippen molar-refractivity contribution in [2.24, 2.45) is 0 Å². The van der Waals surface area contributed by atoms with Gasteiger partial charge in [0.25, 0.3) is 5.91 Å². The van der Waals surface area contributed by atoms with Crippen molar-refractivity contribution in [2.45, 2.75) is 64.2 Å². The van der Waals surface area contributed by atoms with Gasteiger partial charge in [0.05, 0.1) is 47.9 Å². The molecular weight excluding hydrogens is 657 g/mol. The number of carbonyl (C=O) groups excluding carboxylic acids is 2. The molecule has 1 saturated heterocycles. The summed E-state index contributed by atoms with van der Waals surface area (Å²) in [5.41, 5.74) is 1.22. The smallest absolute Gasteiger partial charge is 0.465 e. The number of hydrogen-bond donors (Lipinski definition) is 1. The number of anilines is 1. The van der Waals surface area contributed by atoms with Gasteiger partial charge < -0.3 is 23.8 Å². The molecular formula is C35H37BF2N2O8S. The molecule has 1 aromatic heterocycles. The second-order valence-electron chi connectivity index (χ2n) is 13.5. The highest BCUT2D eigenvalue weighted by atomic mass is 32.2. The molecule has 1 N–H and O–H groups in total. The molecule has 49 heavy (non-hydrogen) atoms. The third kappa shape index (κ3) is 6.33. The van der Waals surface area contributed by atoms with Gasteiger partial charge in [-0.15, -0.1) is 0 Å². The van der Waals surface area contributed by atoms with E-state index >= 15 is 0 Å². The molecule has 2 heterocycles. The highest BCUT2D eigenvalue weighted by molar-refractivity contribution is 7.92. The summed E-state index contributed by atoms with van der Waals surface area (Å²) in [6.07, 6.45) is 2.68. The van der Waals surface area contributed by atoms with Crippen LogP contribution in [-0.4, -0.2) is 59.0 Å². The summed E-state index contributed by atoms with van der Waals surface area (Å²) < 4.78 is 79.9. The summed E-state index contributed by atoms with van der Waals surface area (Å²) in [4.78, 5) is 26.2. The van der Waals surface area contributed by atoms with Crippen LogP contribution < -0.4 is 15.1 Å². The van der Waals surface area contributed by atoms with Crippen LogP contribution in [0.2, 0.25) is 0 Å². The monoisotopic (exact) mass is 694 g/mol. The number of halogens is 2. The molecule has 10 nitrogen and oxygen atoms in total. The number of fused-ring (bicyclic) bond motifs is 1. The van der Waals surface area contributed by atoms with Gasteiger partial charge in [-0.1, -0.05) is 12.1 Å². The van der Waals surface area contributed by atoms with Gasteiger partial charge >= 0.3 is 13.1 Å². The van der Waals surface area contributed by atoms with Crippen molar-refractivity contribution >= 4 is 51.1 Å². The van der Waals surface area contributed by atoms with Gasteiger partial charge in [0.15, 0.2) is 11.6 Å². The minimum atomic E-state index is -3.94. The largest absolute Gasteiger partial charge is 0.495 e. The molecule has 0 unspecified atom stereocenters. The number of furan rings is 1. The van der Waals surface area contributed by atoms with Gasteiger partial charge in [-0.3, -0.25) is 9.10 Å². The Labute approximate surface area is 283 Å². The van der Waals surface area contributed by atoms with E-state index in [1.165, 1.54) is 24.5 Å². The Hall–Kier alpha value is -4.27. The fourth-order valence-corrected chi connectivity index (χ4v) is 6.89. The van der Waals surface area contributed by atoms with E-state index in [0.717, 1.165) is 31.2 Å². The zero-order valence-corrected chi connectivity index (χ0v) is 29.1. The maximum absolute atomic E-state index is 14.3. The molecule has 4 aromatic rings.